The summed E-state index contributed by atoms with van der Waals surface area (Å²) in [7, 11) is 1.37. The average molecular weight is 262 g/mol. The molecule has 1 aromatic carbocycles. The van der Waals surface area contributed by atoms with Crippen LogP contribution in [0.4, 0.5) is 11.4 Å². The number of benzene rings is 1. The van der Waals surface area contributed by atoms with Gasteiger partial charge in [-0.3, -0.25) is 0 Å². The molecule has 1 atom stereocenters. The molecular weight excluding hydrogens is 244 g/mol. The molecule has 1 unspecified atom stereocenters. The van der Waals surface area contributed by atoms with Gasteiger partial charge >= 0.3 is 5.97 Å². The van der Waals surface area contributed by atoms with Gasteiger partial charge in [0.15, 0.2) is 0 Å². The molecule has 3 rings (SSSR count). The molecule has 2 fully saturated rings. The van der Waals surface area contributed by atoms with E-state index in [9.17, 15) is 4.79 Å². The Hall–Kier alpha value is -1.75. The highest BCUT2D eigenvalue weighted by Gasteiger charge is 2.53. The Morgan fingerprint density at radius 1 is 1.53 bits per heavy atom. The molecule has 0 aromatic heterocycles. The molecule has 1 spiro atoms. The lowest BCUT2D eigenvalue weighted by Gasteiger charge is -2.20. The Balaban J connectivity index is 1.81. The van der Waals surface area contributed by atoms with E-state index >= 15 is 0 Å². The zero-order valence-electron chi connectivity index (χ0n) is 10.9. The molecule has 102 valence electrons. The van der Waals surface area contributed by atoms with E-state index in [1.54, 1.807) is 18.2 Å². The second-order valence-electron chi connectivity index (χ2n) is 5.37. The van der Waals surface area contributed by atoms with Gasteiger partial charge in [0.05, 0.1) is 43.3 Å². The number of carbonyl (C=O) groups is 1. The van der Waals surface area contributed by atoms with Crippen molar-refractivity contribution in [2.75, 3.05) is 31.4 Å². The first kappa shape index (κ1) is 12.3. The quantitative estimate of drug-likeness (QED) is 0.640. The summed E-state index contributed by atoms with van der Waals surface area (Å²) in [5.74, 6) is -0.355. The molecular formula is C14H18N2O3. The monoisotopic (exact) mass is 262 g/mol. The smallest absolute Gasteiger partial charge is 0.337 e. The first-order valence-corrected chi connectivity index (χ1v) is 6.47. The van der Waals surface area contributed by atoms with Crippen LogP contribution in [0.15, 0.2) is 18.2 Å². The van der Waals surface area contributed by atoms with Gasteiger partial charge in [-0.15, -0.1) is 0 Å². The average Bonchev–Trinajstić information content (AvgIpc) is 3.09. The number of hydrogen-bond acceptors (Lipinski definition) is 5. The van der Waals surface area contributed by atoms with Crippen molar-refractivity contribution >= 4 is 17.3 Å². The molecule has 1 saturated heterocycles. The van der Waals surface area contributed by atoms with Crippen LogP contribution in [0.1, 0.15) is 23.2 Å². The van der Waals surface area contributed by atoms with Crippen LogP contribution in [0.5, 0.6) is 0 Å². The molecule has 1 saturated carbocycles. The first-order chi connectivity index (χ1) is 9.14. The van der Waals surface area contributed by atoms with Crippen molar-refractivity contribution in [3.05, 3.63) is 23.8 Å². The van der Waals surface area contributed by atoms with Crippen LogP contribution >= 0.6 is 0 Å². The van der Waals surface area contributed by atoms with Crippen molar-refractivity contribution in [2.24, 2.45) is 5.41 Å². The normalized spacial score (nSPS) is 23.3. The Labute approximate surface area is 112 Å². The largest absolute Gasteiger partial charge is 0.465 e. The SMILES string of the molecule is COC(=O)c1ccc(N)c(NC2COCC23CC3)c1. The number of ether oxygens (including phenoxy) is 2. The summed E-state index contributed by atoms with van der Waals surface area (Å²) < 4.78 is 10.3. The highest BCUT2D eigenvalue weighted by Crippen LogP contribution is 2.53. The van der Waals surface area contributed by atoms with E-state index in [2.05, 4.69) is 5.32 Å². The predicted molar refractivity (Wildman–Crippen MR) is 72.1 cm³/mol. The lowest BCUT2D eigenvalue weighted by molar-refractivity contribution is 0.0601. The fraction of sp³-hybridized carbons (Fsp3) is 0.500. The second kappa shape index (κ2) is 4.42. The summed E-state index contributed by atoms with van der Waals surface area (Å²) in [5.41, 5.74) is 8.17. The minimum atomic E-state index is -0.355. The lowest BCUT2D eigenvalue weighted by Crippen LogP contribution is -2.29. The Morgan fingerprint density at radius 3 is 3.00 bits per heavy atom. The van der Waals surface area contributed by atoms with Crippen LogP contribution in [-0.4, -0.2) is 32.3 Å². The fourth-order valence-electron chi connectivity index (χ4n) is 2.62. The van der Waals surface area contributed by atoms with E-state index in [0.717, 1.165) is 12.3 Å². The van der Waals surface area contributed by atoms with E-state index in [0.29, 0.717) is 17.9 Å². The fourth-order valence-corrected chi connectivity index (χ4v) is 2.62. The zero-order chi connectivity index (χ0) is 13.5. The third-order valence-electron chi connectivity index (χ3n) is 4.11. The number of nitrogen functional groups attached to an aromatic ring is 1. The summed E-state index contributed by atoms with van der Waals surface area (Å²) in [6.45, 7) is 1.52. The predicted octanol–water partition coefficient (Wildman–Crippen LogP) is 1.65. The number of hydrogen-bond donors (Lipinski definition) is 2. The number of rotatable bonds is 3. The van der Waals surface area contributed by atoms with Gasteiger partial charge in [-0.25, -0.2) is 4.79 Å². The molecule has 3 N–H and O–H groups in total. The van der Waals surface area contributed by atoms with Crippen molar-refractivity contribution in [3.8, 4) is 0 Å². The number of nitrogens with one attached hydrogen (secondary N) is 1. The number of esters is 1. The standard InChI is InChI=1S/C14H18N2O3/c1-18-13(17)9-2-3-10(15)11(6-9)16-12-7-19-8-14(12)4-5-14/h2-3,6,12,16H,4-5,7-8,15H2,1H3. The Bertz CT molecular complexity index is 511. The van der Waals surface area contributed by atoms with E-state index in [-0.39, 0.29) is 17.4 Å². The molecule has 1 aliphatic carbocycles. The molecule has 2 aliphatic rings. The van der Waals surface area contributed by atoms with Crippen molar-refractivity contribution in [2.45, 2.75) is 18.9 Å². The Kier molecular flexibility index (Phi) is 2.86. The molecule has 5 nitrogen and oxygen atoms in total. The van der Waals surface area contributed by atoms with Crippen LogP contribution in [0.2, 0.25) is 0 Å². The van der Waals surface area contributed by atoms with Gasteiger partial charge in [0, 0.05) is 5.41 Å². The second-order valence-corrected chi connectivity index (χ2v) is 5.37. The maximum atomic E-state index is 11.5. The summed E-state index contributed by atoms with van der Waals surface area (Å²) in [4.78, 5) is 11.5. The van der Waals surface area contributed by atoms with Crippen molar-refractivity contribution in [1.82, 2.24) is 0 Å². The minimum Gasteiger partial charge on any atom is -0.465 e. The van der Waals surface area contributed by atoms with Gasteiger partial charge in [0.2, 0.25) is 0 Å². The van der Waals surface area contributed by atoms with Crippen molar-refractivity contribution in [1.29, 1.82) is 0 Å². The molecule has 1 heterocycles. The highest BCUT2D eigenvalue weighted by atomic mass is 16.5. The van der Waals surface area contributed by atoms with E-state index in [1.807, 2.05) is 0 Å². The van der Waals surface area contributed by atoms with Gasteiger partial charge in [-0.05, 0) is 31.0 Å². The molecule has 0 radical (unpaired) electrons. The topological polar surface area (TPSA) is 73.6 Å². The van der Waals surface area contributed by atoms with Gasteiger partial charge in [-0.2, -0.15) is 0 Å². The summed E-state index contributed by atoms with van der Waals surface area (Å²) in [5, 5.41) is 3.42. The maximum absolute atomic E-state index is 11.5. The van der Waals surface area contributed by atoms with Crippen LogP contribution < -0.4 is 11.1 Å². The van der Waals surface area contributed by atoms with Gasteiger partial charge < -0.3 is 20.5 Å². The number of anilines is 2. The summed E-state index contributed by atoms with van der Waals surface area (Å²) >= 11 is 0. The van der Waals surface area contributed by atoms with Crippen molar-refractivity contribution in [3.63, 3.8) is 0 Å². The number of nitrogens with two attached hydrogens (primary N) is 1. The van der Waals surface area contributed by atoms with Crippen molar-refractivity contribution < 1.29 is 14.3 Å². The maximum Gasteiger partial charge on any atom is 0.337 e. The molecule has 1 aliphatic heterocycles. The lowest BCUT2D eigenvalue weighted by atomic mass is 10.00. The molecule has 19 heavy (non-hydrogen) atoms. The summed E-state index contributed by atoms with van der Waals surface area (Å²) in [6.07, 6.45) is 2.39. The Morgan fingerprint density at radius 2 is 2.32 bits per heavy atom. The van der Waals surface area contributed by atoms with Crippen LogP contribution in [0.25, 0.3) is 0 Å². The van der Waals surface area contributed by atoms with Gasteiger partial charge in [-0.1, -0.05) is 0 Å². The van der Waals surface area contributed by atoms with Crippen LogP contribution in [0.3, 0.4) is 0 Å². The van der Waals surface area contributed by atoms with E-state index in [1.165, 1.54) is 20.0 Å². The first-order valence-electron chi connectivity index (χ1n) is 6.47. The van der Waals surface area contributed by atoms with Crippen LogP contribution in [-0.2, 0) is 9.47 Å². The molecule has 1 aromatic rings. The van der Waals surface area contributed by atoms with Gasteiger partial charge in [0.25, 0.3) is 0 Å². The number of carbonyl (C=O) groups excluding carboxylic acids is 1. The highest BCUT2D eigenvalue weighted by molar-refractivity contribution is 5.92. The summed E-state index contributed by atoms with van der Waals surface area (Å²) in [6, 6.07) is 5.42. The third-order valence-corrected chi connectivity index (χ3v) is 4.11. The van der Waals surface area contributed by atoms with E-state index < -0.39 is 0 Å². The zero-order valence-corrected chi connectivity index (χ0v) is 10.9. The molecule has 0 bridgehead atoms. The van der Waals surface area contributed by atoms with Gasteiger partial charge in [0.1, 0.15) is 0 Å². The third kappa shape index (κ3) is 2.14. The number of methoxy groups -OCH3 is 1. The molecule has 0 amide bonds. The molecule has 5 heteroatoms. The van der Waals surface area contributed by atoms with Crippen LogP contribution in [0, 0.1) is 5.41 Å². The minimum absolute atomic E-state index is 0.280. The van der Waals surface area contributed by atoms with E-state index in [4.69, 9.17) is 15.2 Å².